The fraction of sp³-hybridized carbons (Fsp3) is 0.200. The van der Waals surface area contributed by atoms with E-state index in [0.717, 1.165) is 10.9 Å². The zero-order chi connectivity index (χ0) is 13.9. The lowest BCUT2D eigenvalue weighted by atomic mass is 10.0. The van der Waals surface area contributed by atoms with Gasteiger partial charge in [0.05, 0.1) is 13.5 Å². The van der Waals surface area contributed by atoms with E-state index >= 15 is 0 Å². The zero-order valence-electron chi connectivity index (χ0n) is 11.2. The number of ketones is 1. The molecule has 0 N–H and O–H groups in total. The molecule has 0 spiro atoms. The van der Waals surface area contributed by atoms with Crippen molar-refractivity contribution in [2.24, 2.45) is 7.05 Å². The van der Waals surface area contributed by atoms with Gasteiger partial charge in [-0.05, 0) is 21.5 Å². The molecule has 0 bridgehead atoms. The van der Waals surface area contributed by atoms with Gasteiger partial charge in [0.1, 0.15) is 5.78 Å². The van der Waals surface area contributed by atoms with E-state index in [2.05, 4.69) is 27.5 Å². The highest BCUT2D eigenvalue weighted by Crippen LogP contribution is 2.16. The highest BCUT2D eigenvalue weighted by molar-refractivity contribution is 5.86. The van der Waals surface area contributed by atoms with Gasteiger partial charge in [-0.25, -0.2) is 0 Å². The quantitative estimate of drug-likeness (QED) is 0.721. The molecule has 0 saturated heterocycles. The Kier molecular flexibility index (Phi) is 3.25. The van der Waals surface area contributed by atoms with Crippen molar-refractivity contribution in [1.29, 1.82) is 0 Å². The average Bonchev–Trinajstić information content (AvgIpc) is 2.83. The molecule has 0 saturated carbocycles. The molecule has 5 heteroatoms. The number of rotatable bonds is 4. The molecule has 0 aliphatic rings. The first kappa shape index (κ1) is 12.5. The number of carbonyl (C=O) groups is 1. The highest BCUT2D eigenvalue weighted by atomic mass is 16.1. The van der Waals surface area contributed by atoms with Gasteiger partial charge in [0, 0.05) is 6.42 Å². The Labute approximate surface area is 116 Å². The van der Waals surface area contributed by atoms with Crippen LogP contribution in [0, 0.1) is 0 Å². The van der Waals surface area contributed by atoms with Crippen LogP contribution in [-0.2, 0) is 24.7 Å². The second-order valence-corrected chi connectivity index (χ2v) is 4.77. The molecule has 100 valence electrons. The van der Waals surface area contributed by atoms with Crippen molar-refractivity contribution < 1.29 is 4.79 Å². The number of aryl methyl sites for hydroxylation is 1. The number of nitrogens with zero attached hydrogens (tertiary/aromatic N) is 4. The maximum Gasteiger partial charge on any atom is 0.182 e. The van der Waals surface area contributed by atoms with Gasteiger partial charge >= 0.3 is 0 Å². The molecule has 0 unspecified atom stereocenters. The van der Waals surface area contributed by atoms with Crippen LogP contribution >= 0.6 is 0 Å². The highest BCUT2D eigenvalue weighted by Gasteiger charge is 2.09. The Morgan fingerprint density at radius 3 is 2.65 bits per heavy atom. The molecule has 3 rings (SSSR count). The van der Waals surface area contributed by atoms with Crippen molar-refractivity contribution in [3.8, 4) is 0 Å². The maximum absolute atomic E-state index is 12.0. The van der Waals surface area contributed by atoms with Crippen LogP contribution in [0.5, 0.6) is 0 Å². The van der Waals surface area contributed by atoms with Crippen LogP contribution in [0.25, 0.3) is 10.8 Å². The molecular formula is C15H14N4O. The third kappa shape index (κ3) is 2.71. The number of carbonyl (C=O) groups excluding carboxylic acids is 1. The van der Waals surface area contributed by atoms with Crippen molar-refractivity contribution in [2.75, 3.05) is 0 Å². The third-order valence-electron chi connectivity index (χ3n) is 3.12. The van der Waals surface area contributed by atoms with E-state index in [1.54, 1.807) is 7.05 Å². The number of Topliss-reactive ketones (excluding diaryl/α,β-unsaturated/α-hetero) is 1. The molecule has 3 aromatic rings. The number of hydrogen-bond acceptors (Lipinski definition) is 4. The molecule has 1 heterocycles. The smallest absolute Gasteiger partial charge is 0.182 e. The van der Waals surface area contributed by atoms with E-state index < -0.39 is 0 Å². The van der Waals surface area contributed by atoms with Crippen molar-refractivity contribution >= 4 is 16.6 Å². The second-order valence-electron chi connectivity index (χ2n) is 4.77. The fourth-order valence-corrected chi connectivity index (χ4v) is 2.21. The number of hydrogen-bond donors (Lipinski definition) is 0. The van der Waals surface area contributed by atoms with E-state index in [0.29, 0.717) is 12.2 Å². The maximum atomic E-state index is 12.0. The Balaban J connectivity index is 1.73. The average molecular weight is 266 g/mol. The molecule has 1 aromatic heterocycles. The molecule has 0 fully saturated rings. The van der Waals surface area contributed by atoms with Crippen LogP contribution in [0.1, 0.15) is 11.4 Å². The van der Waals surface area contributed by atoms with Gasteiger partial charge in [0.2, 0.25) is 0 Å². The molecule has 0 radical (unpaired) electrons. The van der Waals surface area contributed by atoms with Gasteiger partial charge in [-0.3, -0.25) is 4.79 Å². The summed E-state index contributed by atoms with van der Waals surface area (Å²) < 4.78 is 0. The minimum atomic E-state index is 0.0910. The molecule has 0 atom stereocenters. The molecule has 0 aliphatic heterocycles. The molecule has 20 heavy (non-hydrogen) atoms. The fourth-order valence-electron chi connectivity index (χ4n) is 2.21. The topological polar surface area (TPSA) is 60.7 Å². The van der Waals surface area contributed by atoms with E-state index in [1.807, 2.05) is 30.3 Å². The van der Waals surface area contributed by atoms with Crippen molar-refractivity contribution in [3.63, 3.8) is 0 Å². The summed E-state index contributed by atoms with van der Waals surface area (Å²) >= 11 is 0. The summed E-state index contributed by atoms with van der Waals surface area (Å²) in [6.45, 7) is 0. The normalized spacial score (nSPS) is 10.8. The molecular weight excluding hydrogens is 252 g/mol. The van der Waals surface area contributed by atoms with Gasteiger partial charge in [0.25, 0.3) is 0 Å². The van der Waals surface area contributed by atoms with Gasteiger partial charge in [-0.15, -0.1) is 10.2 Å². The summed E-state index contributed by atoms with van der Waals surface area (Å²) in [5.41, 5.74) is 1.01. The zero-order valence-corrected chi connectivity index (χ0v) is 11.2. The SMILES string of the molecule is Cn1nnc(CC(=O)Cc2ccc3ccccc3c2)n1. The summed E-state index contributed by atoms with van der Waals surface area (Å²) in [6.07, 6.45) is 0.615. The van der Waals surface area contributed by atoms with E-state index in [-0.39, 0.29) is 12.2 Å². The minimum Gasteiger partial charge on any atom is -0.299 e. The van der Waals surface area contributed by atoms with Crippen molar-refractivity contribution in [2.45, 2.75) is 12.8 Å². The second kappa shape index (κ2) is 5.21. The lowest BCUT2D eigenvalue weighted by molar-refractivity contribution is -0.117. The van der Waals surface area contributed by atoms with Crippen LogP contribution in [0.15, 0.2) is 42.5 Å². The summed E-state index contributed by atoms with van der Waals surface area (Å²) in [5.74, 6) is 0.562. The van der Waals surface area contributed by atoms with Gasteiger partial charge in [-0.1, -0.05) is 42.5 Å². The largest absolute Gasteiger partial charge is 0.299 e. The first-order chi connectivity index (χ1) is 9.70. The lowest BCUT2D eigenvalue weighted by Crippen LogP contribution is -2.08. The van der Waals surface area contributed by atoms with E-state index in [4.69, 9.17) is 0 Å². The summed E-state index contributed by atoms with van der Waals surface area (Å²) in [5, 5.41) is 13.9. The minimum absolute atomic E-state index is 0.0910. The van der Waals surface area contributed by atoms with Crippen LogP contribution in [0.2, 0.25) is 0 Å². The van der Waals surface area contributed by atoms with Crippen molar-refractivity contribution in [1.82, 2.24) is 20.2 Å². The Bertz CT molecular complexity index is 763. The van der Waals surface area contributed by atoms with Gasteiger partial charge in [0.15, 0.2) is 5.82 Å². The molecule has 0 amide bonds. The van der Waals surface area contributed by atoms with Gasteiger partial charge in [-0.2, -0.15) is 4.80 Å². The van der Waals surface area contributed by atoms with E-state index in [1.165, 1.54) is 10.2 Å². The molecule has 5 nitrogen and oxygen atoms in total. The number of benzene rings is 2. The first-order valence-electron chi connectivity index (χ1n) is 6.43. The summed E-state index contributed by atoms with van der Waals surface area (Å²) in [6, 6.07) is 14.2. The molecule has 0 aliphatic carbocycles. The van der Waals surface area contributed by atoms with Crippen molar-refractivity contribution in [3.05, 3.63) is 53.9 Å². The number of fused-ring (bicyclic) bond motifs is 1. The third-order valence-corrected chi connectivity index (χ3v) is 3.12. The van der Waals surface area contributed by atoms with Crippen LogP contribution < -0.4 is 0 Å². The summed E-state index contributed by atoms with van der Waals surface area (Å²) in [4.78, 5) is 13.4. The predicted molar refractivity (Wildman–Crippen MR) is 75.2 cm³/mol. The Morgan fingerprint density at radius 2 is 1.90 bits per heavy atom. The van der Waals surface area contributed by atoms with E-state index in [9.17, 15) is 4.79 Å². The first-order valence-corrected chi connectivity index (χ1v) is 6.43. The predicted octanol–water partition coefficient (Wildman–Crippen LogP) is 1.72. The Morgan fingerprint density at radius 1 is 1.10 bits per heavy atom. The monoisotopic (exact) mass is 266 g/mol. The number of tetrazole rings is 1. The van der Waals surface area contributed by atoms with Crippen LogP contribution in [0.4, 0.5) is 0 Å². The van der Waals surface area contributed by atoms with Crippen LogP contribution in [-0.4, -0.2) is 26.0 Å². The summed E-state index contributed by atoms with van der Waals surface area (Å²) in [7, 11) is 1.68. The lowest BCUT2D eigenvalue weighted by Gasteiger charge is -2.02. The number of aromatic nitrogens is 4. The Hall–Kier alpha value is -2.56. The van der Waals surface area contributed by atoms with Gasteiger partial charge < -0.3 is 0 Å². The standard InChI is InChI=1S/C15H14N4O/c1-19-17-15(16-18-19)10-14(20)9-11-6-7-12-4-2-3-5-13(12)8-11/h2-8H,9-10H2,1H3. The molecule has 2 aromatic carbocycles. The van der Waals surface area contributed by atoms with Crippen LogP contribution in [0.3, 0.4) is 0 Å².